The van der Waals surface area contributed by atoms with Gasteiger partial charge in [0, 0.05) is 24.9 Å². The predicted octanol–water partition coefficient (Wildman–Crippen LogP) is 3.30. The summed E-state index contributed by atoms with van der Waals surface area (Å²) in [6.45, 7) is 1.90. The third-order valence-electron chi connectivity index (χ3n) is 4.14. The zero-order valence-electron chi connectivity index (χ0n) is 15.3. The van der Waals surface area contributed by atoms with E-state index in [2.05, 4.69) is 10.2 Å². The van der Waals surface area contributed by atoms with Crippen molar-refractivity contribution in [3.8, 4) is 0 Å². The first-order chi connectivity index (χ1) is 13.3. The maximum absolute atomic E-state index is 12.6. The molecule has 0 aliphatic rings. The second kappa shape index (κ2) is 8.11. The third kappa shape index (κ3) is 4.57. The van der Waals surface area contributed by atoms with E-state index in [4.69, 9.17) is 0 Å². The molecule has 0 fully saturated rings. The van der Waals surface area contributed by atoms with E-state index in [1.807, 2.05) is 6.92 Å². The number of sulfone groups is 1. The molecule has 8 nitrogen and oxygen atoms in total. The predicted molar refractivity (Wildman–Crippen MR) is 106 cm³/mol. The van der Waals surface area contributed by atoms with Crippen LogP contribution in [0.5, 0.6) is 0 Å². The van der Waals surface area contributed by atoms with Crippen molar-refractivity contribution in [1.82, 2.24) is 14.8 Å². The summed E-state index contributed by atoms with van der Waals surface area (Å²) in [5.74, 6) is 0.651. The van der Waals surface area contributed by atoms with E-state index in [0.29, 0.717) is 16.7 Å². The average molecular weight is 419 g/mol. The molecule has 10 heteroatoms. The Morgan fingerprint density at radius 3 is 2.32 bits per heavy atom. The Balaban J connectivity index is 1.69. The fourth-order valence-corrected chi connectivity index (χ4v) is 4.65. The quantitative estimate of drug-likeness (QED) is 0.329. The summed E-state index contributed by atoms with van der Waals surface area (Å²) in [5, 5.41) is 19.4. The van der Waals surface area contributed by atoms with Crippen molar-refractivity contribution < 1.29 is 13.3 Å². The van der Waals surface area contributed by atoms with Gasteiger partial charge in [-0.15, -0.1) is 10.2 Å². The molecule has 0 spiro atoms. The first-order valence-electron chi connectivity index (χ1n) is 8.30. The van der Waals surface area contributed by atoms with E-state index in [9.17, 15) is 18.5 Å². The lowest BCUT2D eigenvalue weighted by Crippen LogP contribution is -2.09. The Bertz CT molecular complexity index is 1090. The molecule has 0 saturated carbocycles. The van der Waals surface area contributed by atoms with Crippen molar-refractivity contribution in [2.75, 3.05) is 0 Å². The molecule has 0 saturated heterocycles. The minimum atomic E-state index is -3.52. The number of rotatable bonds is 7. The van der Waals surface area contributed by atoms with E-state index in [1.54, 1.807) is 48.0 Å². The van der Waals surface area contributed by atoms with Crippen molar-refractivity contribution in [3.63, 3.8) is 0 Å². The fraction of sp³-hybridized carbons (Fsp3) is 0.222. The van der Waals surface area contributed by atoms with Crippen LogP contribution in [-0.2, 0) is 28.4 Å². The van der Waals surface area contributed by atoms with Gasteiger partial charge in [0.2, 0.25) is 0 Å². The lowest BCUT2D eigenvalue weighted by molar-refractivity contribution is -0.384. The first-order valence-corrected chi connectivity index (χ1v) is 10.9. The van der Waals surface area contributed by atoms with Crippen LogP contribution in [0, 0.1) is 17.0 Å². The van der Waals surface area contributed by atoms with Crippen LogP contribution < -0.4 is 0 Å². The molecule has 146 valence electrons. The van der Waals surface area contributed by atoms with E-state index >= 15 is 0 Å². The van der Waals surface area contributed by atoms with Crippen molar-refractivity contribution in [2.24, 2.45) is 7.05 Å². The number of nitro groups is 1. The summed E-state index contributed by atoms with van der Waals surface area (Å²) in [6.07, 6.45) is 0. The molecule has 0 unspecified atom stereocenters. The van der Waals surface area contributed by atoms with Crippen LogP contribution in [0.25, 0.3) is 0 Å². The zero-order chi connectivity index (χ0) is 20.3. The lowest BCUT2D eigenvalue weighted by atomic mass is 10.2. The molecule has 0 amide bonds. The molecule has 0 atom stereocenters. The van der Waals surface area contributed by atoms with Gasteiger partial charge in [0.05, 0.1) is 9.82 Å². The van der Waals surface area contributed by atoms with Gasteiger partial charge in [-0.1, -0.05) is 41.6 Å². The van der Waals surface area contributed by atoms with Crippen LogP contribution in [0.2, 0.25) is 0 Å². The number of benzene rings is 2. The highest BCUT2D eigenvalue weighted by Crippen LogP contribution is 2.24. The molecule has 0 aliphatic heterocycles. The number of nitrogens with zero attached hydrogens (tertiary/aromatic N) is 4. The highest BCUT2D eigenvalue weighted by Gasteiger charge is 2.20. The number of nitro benzene ring substituents is 1. The Labute approximate surface area is 166 Å². The smallest absolute Gasteiger partial charge is 0.269 e. The first kappa shape index (κ1) is 20.0. The molecule has 0 aliphatic carbocycles. The SMILES string of the molecule is Cc1ccc(S(=O)(=O)Cc2nnc(SCc3ccc([N+](=O)[O-])cc3)n2C)cc1. The molecule has 3 aromatic rings. The van der Waals surface area contributed by atoms with Gasteiger partial charge in [0.1, 0.15) is 11.6 Å². The molecule has 3 rings (SSSR count). The zero-order valence-corrected chi connectivity index (χ0v) is 16.9. The summed E-state index contributed by atoms with van der Waals surface area (Å²) in [6, 6.07) is 13.0. The average Bonchev–Trinajstić information content (AvgIpc) is 3.00. The Kier molecular flexibility index (Phi) is 5.80. The largest absolute Gasteiger partial charge is 0.308 e. The molecular weight excluding hydrogens is 400 g/mol. The van der Waals surface area contributed by atoms with Gasteiger partial charge in [-0.25, -0.2) is 8.42 Å². The van der Waals surface area contributed by atoms with Crippen LogP contribution in [0.3, 0.4) is 0 Å². The van der Waals surface area contributed by atoms with Gasteiger partial charge < -0.3 is 4.57 Å². The van der Waals surface area contributed by atoms with E-state index < -0.39 is 14.8 Å². The summed E-state index contributed by atoms with van der Waals surface area (Å²) >= 11 is 1.38. The maximum atomic E-state index is 12.6. The van der Waals surface area contributed by atoms with Crippen LogP contribution >= 0.6 is 11.8 Å². The highest BCUT2D eigenvalue weighted by atomic mass is 32.2. The maximum Gasteiger partial charge on any atom is 0.269 e. The molecule has 0 radical (unpaired) electrons. The molecule has 1 heterocycles. The molecular formula is C18H18N4O4S2. The summed E-state index contributed by atoms with van der Waals surface area (Å²) in [4.78, 5) is 10.5. The van der Waals surface area contributed by atoms with Crippen LogP contribution in [0.15, 0.2) is 58.6 Å². The third-order valence-corrected chi connectivity index (χ3v) is 6.86. The van der Waals surface area contributed by atoms with Crippen molar-refractivity contribution in [2.45, 2.75) is 28.5 Å². The van der Waals surface area contributed by atoms with Crippen LogP contribution in [0.4, 0.5) is 5.69 Å². The number of aromatic nitrogens is 3. The van der Waals surface area contributed by atoms with Crippen molar-refractivity contribution in [3.05, 3.63) is 75.6 Å². The van der Waals surface area contributed by atoms with E-state index in [0.717, 1.165) is 11.1 Å². The minimum Gasteiger partial charge on any atom is -0.308 e. The number of non-ortho nitro benzene ring substituents is 1. The second-order valence-corrected chi connectivity index (χ2v) is 9.17. The van der Waals surface area contributed by atoms with E-state index in [-0.39, 0.29) is 16.3 Å². The fourth-order valence-electron chi connectivity index (χ4n) is 2.46. The van der Waals surface area contributed by atoms with Gasteiger partial charge >= 0.3 is 0 Å². The Morgan fingerprint density at radius 2 is 1.71 bits per heavy atom. The van der Waals surface area contributed by atoms with Gasteiger partial charge in [0.25, 0.3) is 5.69 Å². The summed E-state index contributed by atoms with van der Waals surface area (Å²) in [5.41, 5.74) is 1.92. The van der Waals surface area contributed by atoms with Crippen LogP contribution in [0.1, 0.15) is 17.0 Å². The van der Waals surface area contributed by atoms with Gasteiger partial charge in [-0.2, -0.15) is 0 Å². The Morgan fingerprint density at radius 1 is 1.07 bits per heavy atom. The molecule has 28 heavy (non-hydrogen) atoms. The standard InChI is InChI=1S/C18H18N4O4S2/c1-13-3-9-16(10-4-13)28(25,26)12-17-19-20-18(21(17)2)27-11-14-5-7-15(8-6-14)22(23)24/h3-10H,11-12H2,1-2H3. The van der Waals surface area contributed by atoms with Gasteiger partial charge in [-0.3, -0.25) is 10.1 Å². The van der Waals surface area contributed by atoms with Crippen molar-refractivity contribution >= 4 is 27.3 Å². The number of hydrogen-bond acceptors (Lipinski definition) is 7. The molecule has 0 N–H and O–H groups in total. The van der Waals surface area contributed by atoms with Gasteiger partial charge in [-0.05, 0) is 24.6 Å². The molecule has 2 aromatic carbocycles. The summed E-state index contributed by atoms with van der Waals surface area (Å²) in [7, 11) is -1.80. The van der Waals surface area contributed by atoms with Crippen molar-refractivity contribution in [1.29, 1.82) is 0 Å². The highest BCUT2D eigenvalue weighted by molar-refractivity contribution is 7.98. The summed E-state index contributed by atoms with van der Waals surface area (Å²) < 4.78 is 26.8. The van der Waals surface area contributed by atoms with Gasteiger partial charge in [0.15, 0.2) is 15.0 Å². The lowest BCUT2D eigenvalue weighted by Gasteiger charge is -2.06. The van der Waals surface area contributed by atoms with Crippen LogP contribution in [-0.4, -0.2) is 28.1 Å². The number of hydrogen-bond donors (Lipinski definition) is 0. The molecule has 0 bridgehead atoms. The number of thioether (sulfide) groups is 1. The molecule has 1 aromatic heterocycles. The normalized spacial score (nSPS) is 11.5. The minimum absolute atomic E-state index is 0.0380. The monoisotopic (exact) mass is 418 g/mol. The second-order valence-electron chi connectivity index (χ2n) is 6.24. The van der Waals surface area contributed by atoms with E-state index in [1.165, 1.54) is 23.9 Å². The topological polar surface area (TPSA) is 108 Å². The number of aryl methyl sites for hydroxylation is 1. The Hall–Kier alpha value is -2.72.